The first-order chi connectivity index (χ1) is 8.65. The fourth-order valence-electron chi connectivity index (χ4n) is 2.14. The number of carbonyl (C=O) groups is 1. The highest BCUT2D eigenvalue weighted by Crippen LogP contribution is 2.15. The van der Waals surface area contributed by atoms with Crippen molar-refractivity contribution in [2.75, 3.05) is 13.2 Å². The molecule has 1 fully saturated rings. The highest BCUT2D eigenvalue weighted by molar-refractivity contribution is 5.96. The Kier molecular flexibility index (Phi) is 4.50. The zero-order valence-electron chi connectivity index (χ0n) is 11.0. The Labute approximate surface area is 108 Å². The predicted octanol–water partition coefficient (Wildman–Crippen LogP) is 2.83. The summed E-state index contributed by atoms with van der Waals surface area (Å²) in [6.07, 6.45) is 0.953. The van der Waals surface area contributed by atoms with Crippen LogP contribution in [-0.2, 0) is 15.9 Å². The molecule has 0 amide bonds. The second-order valence-electron chi connectivity index (χ2n) is 5.10. The van der Waals surface area contributed by atoms with Crippen molar-refractivity contribution in [3.05, 3.63) is 35.4 Å². The van der Waals surface area contributed by atoms with Gasteiger partial charge in [-0.15, -0.1) is 0 Å². The molecule has 0 atom stereocenters. The molecule has 0 aliphatic carbocycles. The lowest BCUT2D eigenvalue weighted by atomic mass is 9.99. The van der Waals surface area contributed by atoms with Gasteiger partial charge in [0, 0.05) is 5.56 Å². The summed E-state index contributed by atoms with van der Waals surface area (Å²) in [4.78, 5) is 12.1. The fraction of sp³-hybridized carbons (Fsp3) is 0.533. The van der Waals surface area contributed by atoms with Gasteiger partial charge in [0.05, 0.1) is 19.6 Å². The van der Waals surface area contributed by atoms with Crippen molar-refractivity contribution in [2.45, 2.75) is 33.0 Å². The molecule has 1 aromatic carbocycles. The van der Waals surface area contributed by atoms with Gasteiger partial charge in [-0.3, -0.25) is 4.79 Å². The van der Waals surface area contributed by atoms with Gasteiger partial charge in [0.25, 0.3) is 0 Å². The van der Waals surface area contributed by atoms with Gasteiger partial charge in [-0.2, -0.15) is 0 Å². The van der Waals surface area contributed by atoms with E-state index >= 15 is 0 Å². The maximum absolute atomic E-state index is 12.1. The fourth-order valence-corrected chi connectivity index (χ4v) is 2.14. The van der Waals surface area contributed by atoms with Crippen molar-refractivity contribution in [1.82, 2.24) is 0 Å². The minimum absolute atomic E-state index is 0.0903. The van der Waals surface area contributed by atoms with Gasteiger partial charge in [-0.1, -0.05) is 32.0 Å². The minimum atomic E-state index is -0.355. The van der Waals surface area contributed by atoms with Crippen molar-refractivity contribution in [3.63, 3.8) is 0 Å². The Balaban J connectivity index is 2.00. The molecular weight excluding hydrogens is 228 g/mol. The van der Waals surface area contributed by atoms with Crippen LogP contribution in [0.2, 0.25) is 0 Å². The summed E-state index contributed by atoms with van der Waals surface area (Å²) >= 11 is 0. The van der Waals surface area contributed by atoms with Crippen LogP contribution in [0.5, 0.6) is 0 Å². The van der Waals surface area contributed by atoms with Crippen LogP contribution < -0.4 is 0 Å². The number of hydrogen-bond acceptors (Lipinski definition) is 3. The van der Waals surface area contributed by atoms with Crippen molar-refractivity contribution < 1.29 is 14.3 Å². The van der Waals surface area contributed by atoms with E-state index in [0.717, 1.165) is 12.0 Å². The third kappa shape index (κ3) is 3.65. The van der Waals surface area contributed by atoms with Crippen LogP contribution in [0.3, 0.4) is 0 Å². The molecule has 0 spiro atoms. The summed E-state index contributed by atoms with van der Waals surface area (Å²) in [5.74, 6) is 0.685. The van der Waals surface area contributed by atoms with Crippen molar-refractivity contribution >= 4 is 5.78 Å². The van der Waals surface area contributed by atoms with Gasteiger partial charge in [0.2, 0.25) is 0 Å². The molecule has 0 radical (unpaired) electrons. The molecular formula is C15H20O3. The average Bonchev–Trinajstić information content (AvgIpc) is 2.81. The summed E-state index contributed by atoms with van der Waals surface area (Å²) in [6, 6.07) is 7.86. The predicted molar refractivity (Wildman–Crippen MR) is 69.6 cm³/mol. The van der Waals surface area contributed by atoms with Crippen LogP contribution >= 0.6 is 0 Å². The Morgan fingerprint density at radius 3 is 2.72 bits per heavy atom. The molecule has 3 nitrogen and oxygen atoms in total. The number of benzene rings is 1. The van der Waals surface area contributed by atoms with E-state index in [1.165, 1.54) is 5.56 Å². The lowest BCUT2D eigenvalue weighted by Crippen LogP contribution is -2.14. The normalized spacial score (nSPS) is 16.4. The summed E-state index contributed by atoms with van der Waals surface area (Å²) in [5.41, 5.74) is 1.97. The zero-order valence-corrected chi connectivity index (χ0v) is 11.0. The summed E-state index contributed by atoms with van der Waals surface area (Å²) in [6.45, 7) is 5.53. The molecule has 18 heavy (non-hydrogen) atoms. The van der Waals surface area contributed by atoms with E-state index in [2.05, 4.69) is 19.9 Å². The third-order valence-electron chi connectivity index (χ3n) is 2.94. The molecule has 1 aliphatic rings. The zero-order chi connectivity index (χ0) is 13.0. The first-order valence-corrected chi connectivity index (χ1v) is 6.50. The molecule has 0 saturated carbocycles. The van der Waals surface area contributed by atoms with Crippen LogP contribution in [0.15, 0.2) is 24.3 Å². The van der Waals surface area contributed by atoms with Gasteiger partial charge in [0.15, 0.2) is 12.1 Å². The van der Waals surface area contributed by atoms with Crippen LogP contribution in [0.25, 0.3) is 0 Å². The molecule has 1 heterocycles. The molecule has 1 saturated heterocycles. The summed E-state index contributed by atoms with van der Waals surface area (Å²) in [5, 5.41) is 0. The quantitative estimate of drug-likeness (QED) is 0.752. The lowest BCUT2D eigenvalue weighted by Gasteiger charge is -2.09. The van der Waals surface area contributed by atoms with E-state index < -0.39 is 0 Å². The maximum atomic E-state index is 12.1. The second kappa shape index (κ2) is 6.12. The molecule has 1 aromatic rings. The highest BCUT2D eigenvalue weighted by Gasteiger charge is 2.20. The molecule has 0 bridgehead atoms. The Hall–Kier alpha value is -1.19. The van der Waals surface area contributed by atoms with Gasteiger partial charge in [-0.05, 0) is 24.0 Å². The van der Waals surface area contributed by atoms with E-state index in [1.807, 2.05) is 18.2 Å². The molecule has 1 aliphatic heterocycles. The summed E-state index contributed by atoms with van der Waals surface area (Å²) < 4.78 is 10.6. The Morgan fingerprint density at radius 2 is 2.06 bits per heavy atom. The van der Waals surface area contributed by atoms with Crippen LogP contribution in [0.4, 0.5) is 0 Å². The number of Topliss-reactive ketones (excluding diaryl/α,β-unsaturated/α-hetero) is 1. The molecule has 0 unspecified atom stereocenters. The molecule has 3 heteroatoms. The first-order valence-electron chi connectivity index (χ1n) is 6.50. The third-order valence-corrected chi connectivity index (χ3v) is 2.94. The number of ketones is 1. The number of ether oxygens (including phenoxy) is 2. The van der Waals surface area contributed by atoms with Gasteiger partial charge < -0.3 is 9.47 Å². The molecule has 0 aromatic heterocycles. The Morgan fingerprint density at radius 1 is 1.33 bits per heavy atom. The average molecular weight is 248 g/mol. The lowest BCUT2D eigenvalue weighted by molar-refractivity contribution is -0.0407. The topological polar surface area (TPSA) is 35.5 Å². The molecule has 2 rings (SSSR count). The van der Waals surface area contributed by atoms with Crippen molar-refractivity contribution in [3.8, 4) is 0 Å². The number of rotatable bonds is 5. The highest BCUT2D eigenvalue weighted by atomic mass is 16.7. The van der Waals surface area contributed by atoms with E-state index in [1.54, 1.807) is 0 Å². The largest absolute Gasteiger partial charge is 0.350 e. The number of carbonyl (C=O) groups excluding carboxylic acids is 1. The molecule has 0 N–H and O–H groups in total. The van der Waals surface area contributed by atoms with Crippen LogP contribution in [-0.4, -0.2) is 25.3 Å². The van der Waals surface area contributed by atoms with Crippen molar-refractivity contribution in [2.24, 2.45) is 5.92 Å². The van der Waals surface area contributed by atoms with Gasteiger partial charge in [0.1, 0.15) is 0 Å². The maximum Gasteiger partial charge on any atom is 0.167 e. The van der Waals surface area contributed by atoms with E-state index in [9.17, 15) is 4.79 Å². The van der Waals surface area contributed by atoms with E-state index in [0.29, 0.717) is 25.6 Å². The minimum Gasteiger partial charge on any atom is -0.350 e. The Bertz CT molecular complexity index is 406. The second-order valence-corrected chi connectivity index (χ2v) is 5.10. The molecule has 98 valence electrons. The first kappa shape index (κ1) is 13.2. The smallest absolute Gasteiger partial charge is 0.167 e. The van der Waals surface area contributed by atoms with Crippen LogP contribution in [0.1, 0.15) is 36.2 Å². The monoisotopic (exact) mass is 248 g/mol. The SMILES string of the molecule is CC(C)Cc1cccc(C(=O)CC2OCCO2)c1. The van der Waals surface area contributed by atoms with Crippen LogP contribution in [0, 0.1) is 5.92 Å². The number of hydrogen-bond donors (Lipinski definition) is 0. The van der Waals surface area contributed by atoms with E-state index in [4.69, 9.17) is 9.47 Å². The van der Waals surface area contributed by atoms with Crippen molar-refractivity contribution in [1.29, 1.82) is 0 Å². The van der Waals surface area contributed by atoms with Gasteiger partial charge in [-0.25, -0.2) is 0 Å². The van der Waals surface area contributed by atoms with E-state index in [-0.39, 0.29) is 12.1 Å². The summed E-state index contributed by atoms with van der Waals surface area (Å²) in [7, 11) is 0. The standard InChI is InChI=1S/C15H20O3/c1-11(2)8-12-4-3-5-13(9-12)14(16)10-15-17-6-7-18-15/h3-5,9,11,15H,6-8,10H2,1-2H3. The van der Waals surface area contributed by atoms with Gasteiger partial charge >= 0.3 is 0 Å².